The molecule has 0 saturated carbocycles. The normalized spacial score (nSPS) is 11.7. The van der Waals surface area contributed by atoms with Crippen molar-refractivity contribution in [1.29, 1.82) is 5.26 Å². The van der Waals surface area contributed by atoms with Crippen LogP contribution in [-0.4, -0.2) is 0 Å². The molecule has 0 amide bonds. The smallest absolute Gasteiger partial charge is 0.0991 e. The topological polar surface area (TPSA) is 35.8 Å². The Balaban J connectivity index is 2.19. The second-order valence-electron chi connectivity index (χ2n) is 5.01. The van der Waals surface area contributed by atoms with E-state index in [9.17, 15) is 0 Å². The number of rotatable bonds is 5. The van der Waals surface area contributed by atoms with Crippen LogP contribution in [0.3, 0.4) is 0 Å². The van der Waals surface area contributed by atoms with E-state index in [0.29, 0.717) is 5.56 Å². The first-order valence-electron chi connectivity index (χ1n) is 7.09. The zero-order chi connectivity index (χ0) is 14.4. The maximum absolute atomic E-state index is 8.98. The van der Waals surface area contributed by atoms with E-state index in [2.05, 4.69) is 55.6 Å². The lowest BCUT2D eigenvalue weighted by atomic mass is 10.0. The van der Waals surface area contributed by atoms with Crippen LogP contribution in [0.2, 0.25) is 0 Å². The average Bonchev–Trinajstić information content (AvgIpc) is 2.49. The maximum atomic E-state index is 8.98. The summed E-state index contributed by atoms with van der Waals surface area (Å²) in [6.07, 6.45) is 2.21. The van der Waals surface area contributed by atoms with Crippen molar-refractivity contribution in [3.05, 3.63) is 65.2 Å². The van der Waals surface area contributed by atoms with Crippen molar-refractivity contribution in [1.82, 2.24) is 0 Å². The van der Waals surface area contributed by atoms with Crippen molar-refractivity contribution in [2.45, 2.75) is 32.7 Å². The molecule has 1 N–H and O–H groups in total. The monoisotopic (exact) mass is 264 g/mol. The molecule has 0 aromatic heterocycles. The first-order chi connectivity index (χ1) is 9.74. The van der Waals surface area contributed by atoms with Crippen LogP contribution in [0, 0.1) is 11.3 Å². The molecule has 0 aliphatic heterocycles. The molecule has 0 radical (unpaired) electrons. The minimum absolute atomic E-state index is 0.182. The van der Waals surface area contributed by atoms with Crippen LogP contribution in [0.1, 0.15) is 43.0 Å². The van der Waals surface area contributed by atoms with E-state index in [4.69, 9.17) is 5.26 Å². The number of nitrogens with one attached hydrogen (secondary N) is 1. The Bertz CT molecular complexity index is 611. The number of hydrogen-bond donors (Lipinski definition) is 1. The summed E-state index contributed by atoms with van der Waals surface area (Å²) in [7, 11) is 0. The van der Waals surface area contributed by atoms with Crippen LogP contribution < -0.4 is 5.32 Å². The highest BCUT2D eigenvalue weighted by molar-refractivity contribution is 5.53. The van der Waals surface area contributed by atoms with Crippen molar-refractivity contribution >= 4 is 5.69 Å². The van der Waals surface area contributed by atoms with E-state index >= 15 is 0 Å². The summed E-state index contributed by atoms with van der Waals surface area (Å²) in [6.45, 7) is 4.32. The molecular formula is C18H20N2. The Labute approximate surface area is 121 Å². The van der Waals surface area contributed by atoms with Crippen LogP contribution in [-0.2, 0) is 6.42 Å². The predicted molar refractivity (Wildman–Crippen MR) is 83.6 cm³/mol. The summed E-state index contributed by atoms with van der Waals surface area (Å²) in [5.74, 6) is 0. The molecule has 0 aliphatic carbocycles. The molecule has 1 atom stereocenters. The molecule has 0 bridgehead atoms. The molecule has 0 aliphatic rings. The SMILES string of the molecule is CCCc1ccccc1NC(C)c1cccc(C#N)c1. The summed E-state index contributed by atoms with van der Waals surface area (Å²) < 4.78 is 0. The van der Waals surface area contributed by atoms with E-state index < -0.39 is 0 Å². The lowest BCUT2D eigenvalue weighted by Crippen LogP contribution is -2.08. The first kappa shape index (κ1) is 14.1. The number of hydrogen-bond acceptors (Lipinski definition) is 2. The van der Waals surface area contributed by atoms with Crippen molar-refractivity contribution in [3.63, 3.8) is 0 Å². The molecule has 0 spiro atoms. The van der Waals surface area contributed by atoms with Gasteiger partial charge in [0.25, 0.3) is 0 Å². The number of nitriles is 1. The highest BCUT2D eigenvalue weighted by Gasteiger charge is 2.08. The van der Waals surface area contributed by atoms with Crippen molar-refractivity contribution < 1.29 is 0 Å². The molecule has 0 heterocycles. The largest absolute Gasteiger partial charge is 0.378 e. The minimum Gasteiger partial charge on any atom is -0.378 e. The lowest BCUT2D eigenvalue weighted by molar-refractivity contribution is 0.867. The number of anilines is 1. The van der Waals surface area contributed by atoms with E-state index in [-0.39, 0.29) is 6.04 Å². The molecule has 2 rings (SSSR count). The van der Waals surface area contributed by atoms with Gasteiger partial charge in [0.05, 0.1) is 11.6 Å². The summed E-state index contributed by atoms with van der Waals surface area (Å²) >= 11 is 0. The fraction of sp³-hybridized carbons (Fsp3) is 0.278. The zero-order valence-corrected chi connectivity index (χ0v) is 12.1. The van der Waals surface area contributed by atoms with Crippen LogP contribution in [0.15, 0.2) is 48.5 Å². The van der Waals surface area contributed by atoms with E-state index in [1.807, 2.05) is 18.2 Å². The van der Waals surface area contributed by atoms with Gasteiger partial charge < -0.3 is 5.32 Å². The van der Waals surface area contributed by atoms with Gasteiger partial charge in [0.2, 0.25) is 0 Å². The quantitative estimate of drug-likeness (QED) is 0.850. The van der Waals surface area contributed by atoms with Gasteiger partial charge in [-0.25, -0.2) is 0 Å². The molecular weight excluding hydrogens is 244 g/mol. The van der Waals surface area contributed by atoms with Crippen molar-refractivity contribution in [2.75, 3.05) is 5.32 Å². The van der Waals surface area contributed by atoms with Gasteiger partial charge in [0.15, 0.2) is 0 Å². The Kier molecular flexibility index (Phi) is 4.79. The minimum atomic E-state index is 0.182. The number of para-hydroxylation sites is 1. The average molecular weight is 264 g/mol. The third-order valence-electron chi connectivity index (χ3n) is 3.42. The summed E-state index contributed by atoms with van der Waals surface area (Å²) in [4.78, 5) is 0. The van der Waals surface area contributed by atoms with Gasteiger partial charge >= 0.3 is 0 Å². The van der Waals surface area contributed by atoms with Crippen LogP contribution >= 0.6 is 0 Å². The number of nitrogens with zero attached hydrogens (tertiary/aromatic N) is 1. The molecule has 102 valence electrons. The fourth-order valence-electron chi connectivity index (χ4n) is 2.34. The van der Waals surface area contributed by atoms with Gasteiger partial charge in [-0.05, 0) is 42.7 Å². The van der Waals surface area contributed by atoms with Crippen molar-refractivity contribution in [2.24, 2.45) is 0 Å². The maximum Gasteiger partial charge on any atom is 0.0991 e. The van der Waals surface area contributed by atoms with Gasteiger partial charge in [-0.2, -0.15) is 5.26 Å². The van der Waals surface area contributed by atoms with Crippen LogP contribution in [0.25, 0.3) is 0 Å². The molecule has 0 saturated heterocycles. The second kappa shape index (κ2) is 6.77. The molecule has 2 aromatic rings. The highest BCUT2D eigenvalue weighted by Crippen LogP contribution is 2.23. The van der Waals surface area contributed by atoms with E-state index in [1.165, 1.54) is 11.3 Å². The van der Waals surface area contributed by atoms with Crippen molar-refractivity contribution in [3.8, 4) is 6.07 Å². The predicted octanol–water partition coefficient (Wildman–Crippen LogP) is 4.68. The molecule has 20 heavy (non-hydrogen) atoms. The lowest BCUT2D eigenvalue weighted by Gasteiger charge is -2.18. The highest BCUT2D eigenvalue weighted by atomic mass is 14.9. The van der Waals surface area contributed by atoms with E-state index in [1.54, 1.807) is 0 Å². The van der Waals surface area contributed by atoms with Gasteiger partial charge in [0.1, 0.15) is 0 Å². The first-order valence-corrected chi connectivity index (χ1v) is 7.09. The molecule has 1 unspecified atom stereocenters. The molecule has 2 nitrogen and oxygen atoms in total. The van der Waals surface area contributed by atoms with Gasteiger partial charge in [-0.1, -0.05) is 43.7 Å². The number of aryl methyl sites for hydroxylation is 1. The second-order valence-corrected chi connectivity index (χ2v) is 5.01. The summed E-state index contributed by atoms with van der Waals surface area (Å²) in [6, 6.07) is 18.6. The van der Waals surface area contributed by atoms with Crippen LogP contribution in [0.5, 0.6) is 0 Å². The zero-order valence-electron chi connectivity index (χ0n) is 12.1. The third kappa shape index (κ3) is 3.39. The van der Waals surface area contributed by atoms with Crippen LogP contribution in [0.4, 0.5) is 5.69 Å². The van der Waals surface area contributed by atoms with Gasteiger partial charge in [-0.3, -0.25) is 0 Å². The fourth-order valence-corrected chi connectivity index (χ4v) is 2.34. The summed E-state index contributed by atoms with van der Waals surface area (Å²) in [5, 5.41) is 12.5. The molecule has 2 heteroatoms. The van der Waals surface area contributed by atoms with Gasteiger partial charge in [-0.15, -0.1) is 0 Å². The Morgan fingerprint density at radius 1 is 1.15 bits per heavy atom. The third-order valence-corrected chi connectivity index (χ3v) is 3.42. The summed E-state index contributed by atoms with van der Waals surface area (Å²) in [5.41, 5.74) is 4.37. The molecule has 2 aromatic carbocycles. The standard InChI is InChI=1S/C18H20N2/c1-3-7-16-9-4-5-11-18(16)20-14(2)17-10-6-8-15(12-17)13-19/h4-6,8-12,14,20H,3,7H2,1-2H3. The Hall–Kier alpha value is -2.27. The Morgan fingerprint density at radius 2 is 1.95 bits per heavy atom. The number of benzene rings is 2. The van der Waals surface area contributed by atoms with Gasteiger partial charge in [0, 0.05) is 11.7 Å². The molecule has 0 fully saturated rings. The Morgan fingerprint density at radius 3 is 2.70 bits per heavy atom. The van der Waals surface area contributed by atoms with E-state index in [0.717, 1.165) is 18.4 Å².